The highest BCUT2D eigenvalue weighted by atomic mass is 16.2. The van der Waals surface area contributed by atoms with Gasteiger partial charge in [-0.2, -0.15) is 0 Å². The highest BCUT2D eigenvalue weighted by Crippen LogP contribution is 2.60. The summed E-state index contributed by atoms with van der Waals surface area (Å²) in [5.74, 6) is 0.803. The third kappa shape index (κ3) is 1.60. The van der Waals surface area contributed by atoms with Gasteiger partial charge in [0.15, 0.2) is 0 Å². The van der Waals surface area contributed by atoms with E-state index in [0.29, 0.717) is 5.92 Å². The van der Waals surface area contributed by atoms with Gasteiger partial charge in [-0.05, 0) is 24.2 Å². The number of ketones is 2. The zero-order valence-corrected chi connectivity index (χ0v) is 11.5. The van der Waals surface area contributed by atoms with Crippen LogP contribution in [0.2, 0.25) is 0 Å². The molecule has 2 saturated carbocycles. The van der Waals surface area contributed by atoms with Gasteiger partial charge >= 0.3 is 0 Å². The Morgan fingerprint density at radius 1 is 1.12 bits per heavy atom. The number of carbonyl (C=O) groups excluding carboxylic acids is 2. The topological polar surface area (TPSA) is 34.1 Å². The molecule has 2 aliphatic carbocycles. The van der Waals surface area contributed by atoms with E-state index in [1.807, 2.05) is 0 Å². The van der Waals surface area contributed by atoms with E-state index in [4.69, 9.17) is 0 Å². The Balaban J connectivity index is 2.49. The van der Waals surface area contributed by atoms with E-state index in [-0.39, 0.29) is 34.7 Å². The van der Waals surface area contributed by atoms with Crippen LogP contribution >= 0.6 is 0 Å². The molecule has 0 radical (unpaired) electrons. The van der Waals surface area contributed by atoms with Crippen molar-refractivity contribution in [2.45, 2.75) is 59.8 Å². The molecule has 3 unspecified atom stereocenters. The largest absolute Gasteiger partial charge is 0.299 e. The van der Waals surface area contributed by atoms with Gasteiger partial charge < -0.3 is 0 Å². The first-order valence-corrected chi connectivity index (χ1v) is 6.89. The molecule has 0 bridgehead atoms. The van der Waals surface area contributed by atoms with Crippen molar-refractivity contribution < 1.29 is 9.59 Å². The van der Waals surface area contributed by atoms with E-state index < -0.39 is 0 Å². The van der Waals surface area contributed by atoms with Gasteiger partial charge in [-0.25, -0.2) is 0 Å². The molecule has 0 aromatic heterocycles. The van der Waals surface area contributed by atoms with Crippen LogP contribution < -0.4 is 0 Å². The molecule has 0 aromatic rings. The molecular formula is C15H24O2. The van der Waals surface area contributed by atoms with E-state index in [2.05, 4.69) is 27.7 Å². The van der Waals surface area contributed by atoms with Crippen molar-refractivity contribution in [3.05, 3.63) is 0 Å². The first-order chi connectivity index (χ1) is 7.83. The smallest absolute Gasteiger partial charge is 0.146 e. The minimum Gasteiger partial charge on any atom is -0.299 e. The zero-order valence-electron chi connectivity index (χ0n) is 11.5. The van der Waals surface area contributed by atoms with E-state index in [1.54, 1.807) is 0 Å². The summed E-state index contributed by atoms with van der Waals surface area (Å²) in [6.45, 7) is 8.54. The van der Waals surface area contributed by atoms with Crippen LogP contribution in [0.4, 0.5) is 0 Å². The maximum absolute atomic E-state index is 12.3. The molecule has 0 aliphatic heterocycles. The molecule has 0 N–H and O–H groups in total. The summed E-state index contributed by atoms with van der Waals surface area (Å²) in [5, 5.41) is 0. The average Bonchev–Trinajstić information content (AvgIpc) is 2.20. The summed E-state index contributed by atoms with van der Waals surface area (Å²) in [7, 11) is 0. The zero-order chi connectivity index (χ0) is 12.8. The maximum Gasteiger partial charge on any atom is 0.146 e. The number of rotatable bonds is 1. The third-order valence-electron chi connectivity index (χ3n) is 5.53. The van der Waals surface area contributed by atoms with Gasteiger partial charge in [-0.1, -0.05) is 40.5 Å². The Morgan fingerprint density at radius 3 is 2.29 bits per heavy atom. The average molecular weight is 236 g/mol. The van der Waals surface area contributed by atoms with Crippen LogP contribution in [0.15, 0.2) is 0 Å². The monoisotopic (exact) mass is 236 g/mol. The summed E-state index contributed by atoms with van der Waals surface area (Å²) in [5.41, 5.74) is -0.361. The van der Waals surface area contributed by atoms with Gasteiger partial charge in [-0.15, -0.1) is 0 Å². The second-order valence-corrected chi connectivity index (χ2v) is 6.74. The number of fused-ring (bicyclic) bond motifs is 1. The molecule has 96 valence electrons. The quantitative estimate of drug-likeness (QED) is 0.654. The van der Waals surface area contributed by atoms with Crippen LogP contribution in [0.3, 0.4) is 0 Å². The first kappa shape index (κ1) is 12.8. The van der Waals surface area contributed by atoms with E-state index in [1.165, 1.54) is 0 Å². The second-order valence-electron chi connectivity index (χ2n) is 6.74. The van der Waals surface area contributed by atoms with E-state index in [9.17, 15) is 9.59 Å². The molecule has 2 rings (SSSR count). The predicted molar refractivity (Wildman–Crippen MR) is 67.6 cm³/mol. The number of carbonyl (C=O) groups is 2. The maximum atomic E-state index is 12.3. The van der Waals surface area contributed by atoms with Crippen molar-refractivity contribution in [3.8, 4) is 0 Å². The first-order valence-electron chi connectivity index (χ1n) is 6.89. The van der Waals surface area contributed by atoms with Crippen molar-refractivity contribution >= 4 is 11.6 Å². The van der Waals surface area contributed by atoms with Crippen molar-refractivity contribution in [1.29, 1.82) is 0 Å². The lowest BCUT2D eigenvalue weighted by molar-refractivity contribution is -0.163. The molecule has 0 aromatic carbocycles. The van der Waals surface area contributed by atoms with Crippen LogP contribution in [0.1, 0.15) is 59.8 Å². The fraction of sp³-hybridized carbons (Fsp3) is 0.867. The standard InChI is InChI=1S/C15H24O2/c1-10(2)13-11(16)9-12(17)14(3)7-5-6-8-15(13,14)4/h10,13H,5-9H2,1-4H3. The van der Waals surface area contributed by atoms with Crippen LogP contribution in [0, 0.1) is 22.7 Å². The lowest BCUT2D eigenvalue weighted by Crippen LogP contribution is -2.58. The summed E-state index contributed by atoms with van der Waals surface area (Å²) in [6.07, 6.45) is 4.48. The summed E-state index contributed by atoms with van der Waals surface area (Å²) >= 11 is 0. The second kappa shape index (κ2) is 3.93. The molecule has 0 heterocycles. The molecule has 0 saturated heterocycles. The fourth-order valence-corrected chi connectivity index (χ4v) is 4.41. The van der Waals surface area contributed by atoms with Gasteiger partial charge in [0.05, 0.1) is 6.42 Å². The lowest BCUT2D eigenvalue weighted by Gasteiger charge is -2.56. The summed E-state index contributed by atoms with van der Waals surface area (Å²) < 4.78 is 0. The number of hydrogen-bond acceptors (Lipinski definition) is 2. The highest BCUT2D eigenvalue weighted by molar-refractivity contribution is 6.06. The van der Waals surface area contributed by atoms with Crippen molar-refractivity contribution in [3.63, 3.8) is 0 Å². The van der Waals surface area contributed by atoms with Crippen LogP contribution in [-0.4, -0.2) is 11.6 Å². The Hall–Kier alpha value is -0.660. The van der Waals surface area contributed by atoms with Crippen molar-refractivity contribution in [2.24, 2.45) is 22.7 Å². The highest BCUT2D eigenvalue weighted by Gasteiger charge is 2.60. The molecule has 0 amide bonds. The van der Waals surface area contributed by atoms with Gasteiger partial charge in [0, 0.05) is 11.3 Å². The Bertz CT molecular complexity index is 358. The third-order valence-corrected chi connectivity index (χ3v) is 5.53. The molecule has 2 heteroatoms. The van der Waals surface area contributed by atoms with Crippen LogP contribution in [0.5, 0.6) is 0 Å². The summed E-state index contributed by atoms with van der Waals surface area (Å²) in [4.78, 5) is 24.5. The van der Waals surface area contributed by atoms with Crippen LogP contribution in [-0.2, 0) is 9.59 Å². The number of hydrogen-bond donors (Lipinski definition) is 0. The van der Waals surface area contributed by atoms with E-state index >= 15 is 0 Å². The van der Waals surface area contributed by atoms with E-state index in [0.717, 1.165) is 25.7 Å². The van der Waals surface area contributed by atoms with Gasteiger partial charge in [-0.3, -0.25) is 9.59 Å². The molecule has 2 nitrogen and oxygen atoms in total. The molecule has 2 fully saturated rings. The molecule has 2 aliphatic rings. The van der Waals surface area contributed by atoms with Gasteiger partial charge in [0.1, 0.15) is 11.6 Å². The minimum absolute atomic E-state index is 0.0745. The predicted octanol–water partition coefficient (Wildman–Crippen LogP) is 3.39. The lowest BCUT2D eigenvalue weighted by atomic mass is 9.45. The normalized spacial score (nSPS) is 42.8. The SMILES string of the molecule is CC(C)C1C(=O)CC(=O)C2(C)CCCCC12C. The molecule has 0 spiro atoms. The van der Waals surface area contributed by atoms with Crippen molar-refractivity contribution in [2.75, 3.05) is 0 Å². The Kier molecular flexibility index (Phi) is 2.95. The van der Waals surface area contributed by atoms with Gasteiger partial charge in [0.2, 0.25) is 0 Å². The fourth-order valence-electron chi connectivity index (χ4n) is 4.41. The Labute approximate surface area is 104 Å². The Morgan fingerprint density at radius 2 is 1.71 bits per heavy atom. The molecule has 17 heavy (non-hydrogen) atoms. The van der Waals surface area contributed by atoms with Crippen molar-refractivity contribution in [1.82, 2.24) is 0 Å². The summed E-state index contributed by atoms with van der Waals surface area (Å²) in [6, 6.07) is 0. The minimum atomic E-state index is -0.256. The molecular weight excluding hydrogens is 212 g/mol. The van der Waals surface area contributed by atoms with Gasteiger partial charge in [0.25, 0.3) is 0 Å². The number of Topliss-reactive ketones (excluding diaryl/α,β-unsaturated/α-hetero) is 2. The van der Waals surface area contributed by atoms with Crippen LogP contribution in [0.25, 0.3) is 0 Å². The molecule has 3 atom stereocenters.